The van der Waals surface area contributed by atoms with Gasteiger partial charge in [-0.05, 0) is 12.8 Å². The van der Waals surface area contributed by atoms with Crippen LogP contribution in [0.25, 0.3) is 0 Å². The van der Waals surface area contributed by atoms with Gasteiger partial charge in [0.1, 0.15) is 0 Å². The summed E-state index contributed by atoms with van der Waals surface area (Å²) in [4.78, 5) is 24.6. The third-order valence-electron chi connectivity index (χ3n) is 3.07. The third kappa shape index (κ3) is 4.91. The number of aliphatic carboxylic acids is 1. The average Bonchev–Trinajstić information content (AvgIpc) is 2.27. The molecule has 1 fully saturated rings. The minimum absolute atomic E-state index is 0.0189. The van der Waals surface area contributed by atoms with E-state index in [1.165, 1.54) is 13.5 Å². The highest BCUT2D eigenvalue weighted by atomic mass is 16.5. The molecule has 1 unspecified atom stereocenters. The van der Waals surface area contributed by atoms with E-state index in [4.69, 9.17) is 9.84 Å². The van der Waals surface area contributed by atoms with Gasteiger partial charge < -0.3 is 20.1 Å². The molecule has 2 N–H and O–H groups in total. The molecule has 1 aliphatic rings. The first kappa shape index (κ1) is 14.8. The number of nitrogens with zero attached hydrogens (tertiary/aromatic N) is 1. The summed E-state index contributed by atoms with van der Waals surface area (Å²) in [6.07, 6.45) is 5.44. The molecule has 0 aromatic heterocycles. The highest BCUT2D eigenvalue weighted by Crippen LogP contribution is 2.10. The highest BCUT2D eigenvalue weighted by molar-refractivity contribution is 5.82. The Morgan fingerprint density at radius 2 is 1.78 bits per heavy atom. The molecule has 2 amide bonds. The van der Waals surface area contributed by atoms with Crippen molar-refractivity contribution in [3.8, 4) is 0 Å². The van der Waals surface area contributed by atoms with Crippen LogP contribution in [-0.4, -0.2) is 54.9 Å². The fourth-order valence-electron chi connectivity index (χ4n) is 2.03. The van der Waals surface area contributed by atoms with E-state index in [1.807, 2.05) is 0 Å². The average molecular weight is 258 g/mol. The molecule has 0 aliphatic carbocycles. The largest absolute Gasteiger partial charge is 0.480 e. The van der Waals surface area contributed by atoms with Crippen molar-refractivity contribution >= 4 is 12.0 Å². The molecule has 0 spiro atoms. The lowest BCUT2D eigenvalue weighted by Crippen LogP contribution is -2.50. The minimum atomic E-state index is -1.07. The zero-order chi connectivity index (χ0) is 13.4. The topological polar surface area (TPSA) is 78.9 Å². The van der Waals surface area contributed by atoms with Crippen LogP contribution >= 0.6 is 0 Å². The van der Waals surface area contributed by atoms with Crippen LogP contribution in [0.5, 0.6) is 0 Å². The number of nitrogens with one attached hydrogen (secondary N) is 1. The van der Waals surface area contributed by atoms with E-state index in [0.717, 1.165) is 25.7 Å². The van der Waals surface area contributed by atoms with Gasteiger partial charge in [0.25, 0.3) is 0 Å². The summed E-state index contributed by atoms with van der Waals surface area (Å²) in [6, 6.07) is -1.28. The maximum absolute atomic E-state index is 11.9. The molecule has 1 aliphatic heterocycles. The lowest BCUT2D eigenvalue weighted by molar-refractivity contribution is -0.140. The molecule has 1 heterocycles. The van der Waals surface area contributed by atoms with Gasteiger partial charge in [0, 0.05) is 20.2 Å². The highest BCUT2D eigenvalue weighted by Gasteiger charge is 2.23. The van der Waals surface area contributed by atoms with Crippen LogP contribution in [0.4, 0.5) is 4.79 Å². The van der Waals surface area contributed by atoms with Crippen molar-refractivity contribution in [3.63, 3.8) is 0 Å². The van der Waals surface area contributed by atoms with E-state index in [1.54, 1.807) is 4.90 Å². The SMILES string of the molecule is COCC(NC(=O)N1CCCCCCC1)C(=O)O. The molecule has 6 heteroatoms. The van der Waals surface area contributed by atoms with Gasteiger partial charge in [0.05, 0.1) is 6.61 Å². The summed E-state index contributed by atoms with van der Waals surface area (Å²) >= 11 is 0. The first-order chi connectivity index (χ1) is 8.65. The molecular weight excluding hydrogens is 236 g/mol. The van der Waals surface area contributed by atoms with Crippen molar-refractivity contribution in [2.24, 2.45) is 0 Å². The monoisotopic (exact) mass is 258 g/mol. The van der Waals surface area contributed by atoms with Gasteiger partial charge in [-0.1, -0.05) is 19.3 Å². The van der Waals surface area contributed by atoms with Crippen LogP contribution in [0, 0.1) is 0 Å². The molecule has 0 aromatic rings. The number of likely N-dealkylation sites (tertiary alicyclic amines) is 1. The number of carboxylic acid groups (broad SMARTS) is 1. The lowest BCUT2D eigenvalue weighted by Gasteiger charge is -2.26. The van der Waals surface area contributed by atoms with Crippen molar-refractivity contribution in [1.82, 2.24) is 10.2 Å². The first-order valence-corrected chi connectivity index (χ1v) is 6.42. The van der Waals surface area contributed by atoms with Crippen LogP contribution in [0.3, 0.4) is 0 Å². The molecule has 0 aromatic carbocycles. The number of urea groups is 1. The number of carbonyl (C=O) groups is 2. The zero-order valence-corrected chi connectivity index (χ0v) is 10.9. The first-order valence-electron chi connectivity index (χ1n) is 6.42. The van der Waals surface area contributed by atoms with Crippen molar-refractivity contribution < 1.29 is 19.4 Å². The molecule has 0 saturated carbocycles. The Kier molecular flexibility index (Phi) is 6.49. The number of amides is 2. The van der Waals surface area contributed by atoms with E-state index in [0.29, 0.717) is 13.1 Å². The predicted octanol–water partition coefficient (Wildman–Crippen LogP) is 1.06. The molecule has 104 valence electrons. The smallest absolute Gasteiger partial charge is 0.328 e. The fourth-order valence-corrected chi connectivity index (χ4v) is 2.03. The van der Waals surface area contributed by atoms with Gasteiger partial charge >= 0.3 is 12.0 Å². The second kappa shape index (κ2) is 7.92. The Morgan fingerprint density at radius 3 is 2.28 bits per heavy atom. The van der Waals surface area contributed by atoms with Crippen molar-refractivity contribution in [2.75, 3.05) is 26.8 Å². The predicted molar refractivity (Wildman–Crippen MR) is 66.5 cm³/mol. The van der Waals surface area contributed by atoms with Crippen LogP contribution in [-0.2, 0) is 9.53 Å². The van der Waals surface area contributed by atoms with Crippen molar-refractivity contribution in [2.45, 2.75) is 38.1 Å². The number of carbonyl (C=O) groups excluding carboxylic acids is 1. The third-order valence-corrected chi connectivity index (χ3v) is 3.07. The Morgan fingerprint density at radius 1 is 1.22 bits per heavy atom. The van der Waals surface area contributed by atoms with E-state index in [2.05, 4.69) is 5.32 Å². The Hall–Kier alpha value is -1.30. The Bertz CT molecular complexity index is 275. The van der Waals surface area contributed by atoms with E-state index < -0.39 is 12.0 Å². The van der Waals surface area contributed by atoms with E-state index in [9.17, 15) is 9.59 Å². The van der Waals surface area contributed by atoms with E-state index in [-0.39, 0.29) is 12.6 Å². The Balaban J connectivity index is 2.47. The van der Waals surface area contributed by atoms with Crippen molar-refractivity contribution in [1.29, 1.82) is 0 Å². The van der Waals surface area contributed by atoms with Crippen LogP contribution < -0.4 is 5.32 Å². The second-order valence-electron chi connectivity index (χ2n) is 4.55. The van der Waals surface area contributed by atoms with Gasteiger partial charge in [-0.3, -0.25) is 0 Å². The lowest BCUT2D eigenvalue weighted by atomic mass is 10.1. The molecule has 18 heavy (non-hydrogen) atoms. The van der Waals surface area contributed by atoms with E-state index >= 15 is 0 Å². The summed E-state index contributed by atoms with van der Waals surface area (Å²) in [7, 11) is 1.41. The molecule has 0 bridgehead atoms. The minimum Gasteiger partial charge on any atom is -0.480 e. The van der Waals surface area contributed by atoms with Gasteiger partial charge in [-0.25, -0.2) is 9.59 Å². The number of hydrogen-bond donors (Lipinski definition) is 2. The van der Waals surface area contributed by atoms with Gasteiger partial charge in [0.15, 0.2) is 6.04 Å². The fraction of sp³-hybridized carbons (Fsp3) is 0.833. The molecule has 1 rings (SSSR count). The standard InChI is InChI=1S/C12H22N2O4/c1-18-9-10(11(15)16)13-12(17)14-7-5-3-2-4-6-8-14/h10H,2-9H2,1H3,(H,13,17)(H,15,16). The molecule has 1 atom stereocenters. The quantitative estimate of drug-likeness (QED) is 0.790. The van der Waals surface area contributed by atoms with Crippen LogP contribution in [0.2, 0.25) is 0 Å². The van der Waals surface area contributed by atoms with Crippen LogP contribution in [0.1, 0.15) is 32.1 Å². The molecular formula is C12H22N2O4. The maximum atomic E-state index is 11.9. The number of hydrogen-bond acceptors (Lipinski definition) is 3. The molecule has 0 radical (unpaired) electrons. The van der Waals surface area contributed by atoms with Gasteiger partial charge in [-0.15, -0.1) is 0 Å². The summed E-state index contributed by atoms with van der Waals surface area (Å²) < 4.78 is 4.78. The normalized spacial score (nSPS) is 18.6. The summed E-state index contributed by atoms with van der Waals surface area (Å²) in [5.41, 5.74) is 0. The van der Waals surface area contributed by atoms with Crippen LogP contribution in [0.15, 0.2) is 0 Å². The Labute approximate surface area is 107 Å². The summed E-state index contributed by atoms with van der Waals surface area (Å²) in [6.45, 7) is 1.38. The van der Waals surface area contributed by atoms with Gasteiger partial charge in [-0.2, -0.15) is 0 Å². The molecule has 6 nitrogen and oxygen atoms in total. The summed E-state index contributed by atoms with van der Waals surface area (Å²) in [5.74, 6) is -1.07. The summed E-state index contributed by atoms with van der Waals surface area (Å²) in [5, 5.41) is 11.4. The number of rotatable bonds is 4. The molecule has 1 saturated heterocycles. The van der Waals surface area contributed by atoms with Crippen molar-refractivity contribution in [3.05, 3.63) is 0 Å². The number of ether oxygens (including phenoxy) is 1. The maximum Gasteiger partial charge on any atom is 0.328 e. The second-order valence-corrected chi connectivity index (χ2v) is 4.55. The number of methoxy groups -OCH3 is 1. The zero-order valence-electron chi connectivity index (χ0n) is 10.9. The van der Waals surface area contributed by atoms with Gasteiger partial charge in [0.2, 0.25) is 0 Å². The number of carboxylic acids is 1.